The molecule has 2 saturated heterocycles. The van der Waals surface area contributed by atoms with Crippen molar-refractivity contribution in [1.29, 1.82) is 0 Å². The number of benzene rings is 2. The highest BCUT2D eigenvalue weighted by Crippen LogP contribution is 2.33. The molecule has 6 rings (SSSR count). The number of pyridine rings is 1. The third kappa shape index (κ3) is 3.53. The normalized spacial score (nSPS) is 19.8. The van der Waals surface area contributed by atoms with Gasteiger partial charge in [-0.3, -0.25) is 14.6 Å². The van der Waals surface area contributed by atoms with Crippen LogP contribution in [0.2, 0.25) is 0 Å². The lowest BCUT2D eigenvalue weighted by Gasteiger charge is -2.22. The summed E-state index contributed by atoms with van der Waals surface area (Å²) in [6.45, 7) is 2.70. The highest BCUT2D eigenvalue weighted by molar-refractivity contribution is 5.97. The van der Waals surface area contributed by atoms with E-state index in [4.69, 9.17) is 0 Å². The van der Waals surface area contributed by atoms with Crippen molar-refractivity contribution in [2.75, 3.05) is 26.2 Å². The third-order valence-corrected chi connectivity index (χ3v) is 6.72. The summed E-state index contributed by atoms with van der Waals surface area (Å²) in [7, 11) is 0. The molecule has 4 aromatic rings. The van der Waals surface area contributed by atoms with Gasteiger partial charge in [0, 0.05) is 60.9 Å². The van der Waals surface area contributed by atoms with E-state index in [1.807, 2.05) is 58.3 Å². The Bertz CT molecular complexity index is 1320. The largest absolute Gasteiger partial charge is 0.338 e. The molecule has 0 aliphatic carbocycles. The van der Waals surface area contributed by atoms with E-state index >= 15 is 0 Å². The van der Waals surface area contributed by atoms with Crippen molar-refractivity contribution < 1.29 is 9.59 Å². The van der Waals surface area contributed by atoms with Crippen LogP contribution in [0.25, 0.3) is 22.3 Å². The van der Waals surface area contributed by atoms with E-state index < -0.39 is 0 Å². The van der Waals surface area contributed by atoms with Crippen LogP contribution >= 0.6 is 0 Å². The first-order valence-corrected chi connectivity index (χ1v) is 11.1. The van der Waals surface area contributed by atoms with Gasteiger partial charge in [-0.2, -0.15) is 15.4 Å². The second kappa shape index (κ2) is 7.81. The van der Waals surface area contributed by atoms with Crippen molar-refractivity contribution in [3.05, 3.63) is 78.0 Å². The monoisotopic (exact) mass is 438 g/mol. The summed E-state index contributed by atoms with van der Waals surface area (Å²) in [6, 6.07) is 18.8. The van der Waals surface area contributed by atoms with Gasteiger partial charge in [0.1, 0.15) is 11.0 Å². The first kappa shape index (κ1) is 19.6. The van der Waals surface area contributed by atoms with Crippen molar-refractivity contribution in [2.45, 2.75) is 0 Å². The maximum absolute atomic E-state index is 13.1. The van der Waals surface area contributed by atoms with Gasteiger partial charge in [0.2, 0.25) is 0 Å². The van der Waals surface area contributed by atoms with Crippen LogP contribution in [0, 0.1) is 11.8 Å². The van der Waals surface area contributed by atoms with Crippen molar-refractivity contribution in [1.82, 2.24) is 30.2 Å². The number of amides is 2. The summed E-state index contributed by atoms with van der Waals surface area (Å²) in [5.74, 6) is 0.673. The Morgan fingerprint density at radius 3 is 2.06 bits per heavy atom. The Morgan fingerprint density at radius 1 is 0.758 bits per heavy atom. The smallest absolute Gasteiger partial charge is 0.253 e. The van der Waals surface area contributed by atoms with Crippen LogP contribution in [-0.2, 0) is 0 Å². The molecule has 1 N–H and O–H groups in total. The van der Waals surface area contributed by atoms with Crippen LogP contribution in [0.3, 0.4) is 0 Å². The molecule has 8 heteroatoms. The number of aromatic nitrogens is 4. The van der Waals surface area contributed by atoms with Crippen LogP contribution in [-0.4, -0.2) is 68.2 Å². The number of carbonyl (C=O) groups is 2. The molecule has 0 unspecified atom stereocenters. The molecule has 33 heavy (non-hydrogen) atoms. The number of likely N-dealkylation sites (tertiary alicyclic amines) is 2. The lowest BCUT2D eigenvalue weighted by atomic mass is 10.0. The number of carbonyl (C=O) groups excluding carboxylic acids is 2. The summed E-state index contributed by atoms with van der Waals surface area (Å²) in [5.41, 5.74) is 4.61. The van der Waals surface area contributed by atoms with Crippen LogP contribution in [0.4, 0.5) is 0 Å². The molecule has 8 nitrogen and oxygen atoms in total. The molecule has 2 fully saturated rings. The Balaban J connectivity index is 1.10. The van der Waals surface area contributed by atoms with Crippen LogP contribution in [0.5, 0.6) is 0 Å². The Kier molecular flexibility index (Phi) is 4.64. The third-order valence-electron chi connectivity index (χ3n) is 6.72. The van der Waals surface area contributed by atoms with E-state index in [0.29, 0.717) is 54.7 Å². The predicted molar refractivity (Wildman–Crippen MR) is 122 cm³/mol. The SMILES string of the molecule is O=C(c1ccc(-c2ccccn2)cc1)N1C[C@H]2CN(C(=O)c3ccc4n[nH]nc4c3)C[C@@H]2C1. The van der Waals surface area contributed by atoms with Crippen molar-refractivity contribution >= 4 is 22.8 Å². The number of nitrogens with zero attached hydrogens (tertiary/aromatic N) is 5. The van der Waals surface area contributed by atoms with E-state index in [2.05, 4.69) is 20.4 Å². The quantitative estimate of drug-likeness (QED) is 0.531. The molecule has 2 aromatic carbocycles. The molecule has 2 amide bonds. The fourth-order valence-corrected chi connectivity index (χ4v) is 4.98. The molecule has 4 heterocycles. The number of hydrogen-bond acceptors (Lipinski definition) is 5. The molecule has 2 atom stereocenters. The second-order valence-electron chi connectivity index (χ2n) is 8.76. The summed E-state index contributed by atoms with van der Waals surface area (Å²) in [5, 5.41) is 10.7. The number of hydrogen-bond donors (Lipinski definition) is 1. The minimum absolute atomic E-state index is 0.0114. The van der Waals surface area contributed by atoms with Gasteiger partial charge in [0.05, 0.1) is 5.69 Å². The molecule has 2 aromatic heterocycles. The van der Waals surface area contributed by atoms with Crippen molar-refractivity contribution in [3.63, 3.8) is 0 Å². The molecule has 0 spiro atoms. The minimum atomic E-state index is 0.0114. The van der Waals surface area contributed by atoms with Gasteiger partial charge in [-0.15, -0.1) is 0 Å². The number of aromatic amines is 1. The van der Waals surface area contributed by atoms with E-state index in [-0.39, 0.29) is 11.8 Å². The van der Waals surface area contributed by atoms with Crippen LogP contribution in [0.15, 0.2) is 66.9 Å². The summed E-state index contributed by atoms with van der Waals surface area (Å²) in [4.78, 5) is 34.3. The first-order valence-electron chi connectivity index (χ1n) is 11.1. The zero-order chi connectivity index (χ0) is 22.4. The van der Waals surface area contributed by atoms with Crippen LogP contribution in [0.1, 0.15) is 20.7 Å². The first-order chi connectivity index (χ1) is 16.2. The van der Waals surface area contributed by atoms with Gasteiger partial charge in [-0.05, 0) is 42.5 Å². The molecule has 164 valence electrons. The topological polar surface area (TPSA) is 95.1 Å². The maximum atomic E-state index is 13.1. The lowest BCUT2D eigenvalue weighted by molar-refractivity contribution is 0.0738. The highest BCUT2D eigenvalue weighted by Gasteiger charge is 2.43. The summed E-state index contributed by atoms with van der Waals surface area (Å²) in [6.07, 6.45) is 1.76. The van der Waals surface area contributed by atoms with Gasteiger partial charge < -0.3 is 9.80 Å². The van der Waals surface area contributed by atoms with Gasteiger partial charge in [-0.1, -0.05) is 18.2 Å². The summed E-state index contributed by atoms with van der Waals surface area (Å²) >= 11 is 0. The summed E-state index contributed by atoms with van der Waals surface area (Å²) < 4.78 is 0. The van der Waals surface area contributed by atoms with E-state index in [1.165, 1.54) is 0 Å². The fourth-order valence-electron chi connectivity index (χ4n) is 4.98. The van der Waals surface area contributed by atoms with Gasteiger partial charge in [0.25, 0.3) is 11.8 Å². The zero-order valence-electron chi connectivity index (χ0n) is 17.9. The van der Waals surface area contributed by atoms with E-state index in [9.17, 15) is 9.59 Å². The molecular weight excluding hydrogens is 416 g/mol. The molecular formula is C25H22N6O2. The van der Waals surface area contributed by atoms with Crippen molar-refractivity contribution in [2.24, 2.45) is 11.8 Å². The maximum Gasteiger partial charge on any atom is 0.253 e. The van der Waals surface area contributed by atoms with Gasteiger partial charge in [0.15, 0.2) is 0 Å². The average molecular weight is 438 g/mol. The molecule has 2 aliphatic rings. The lowest BCUT2D eigenvalue weighted by Crippen LogP contribution is -2.35. The predicted octanol–water partition coefficient (Wildman–Crippen LogP) is 2.86. The number of H-pyrrole nitrogens is 1. The average Bonchev–Trinajstić information content (AvgIpc) is 3.58. The number of rotatable bonds is 3. The van der Waals surface area contributed by atoms with Crippen molar-refractivity contribution in [3.8, 4) is 11.3 Å². The second-order valence-corrected chi connectivity index (χ2v) is 8.76. The number of nitrogens with one attached hydrogen (secondary N) is 1. The highest BCUT2D eigenvalue weighted by atomic mass is 16.2. The molecule has 0 radical (unpaired) electrons. The standard InChI is InChI=1S/C25H22N6O2/c32-24(17-6-4-16(5-7-17)21-3-1-2-10-26-21)30-12-19-14-31(15-20(19)13-30)25(33)18-8-9-22-23(11-18)28-29-27-22/h1-11,19-20H,12-15H2,(H,27,28,29)/t19-,20-/m0/s1. The van der Waals surface area contributed by atoms with Crippen LogP contribution < -0.4 is 0 Å². The molecule has 2 aliphatic heterocycles. The Labute approximate surface area is 190 Å². The number of fused-ring (bicyclic) bond motifs is 2. The van der Waals surface area contributed by atoms with E-state index in [0.717, 1.165) is 16.8 Å². The van der Waals surface area contributed by atoms with E-state index in [1.54, 1.807) is 18.3 Å². The molecule has 0 saturated carbocycles. The Morgan fingerprint density at radius 2 is 1.39 bits per heavy atom. The molecule has 0 bridgehead atoms. The Hall–Kier alpha value is -4.07. The fraction of sp³-hybridized carbons (Fsp3) is 0.240. The minimum Gasteiger partial charge on any atom is -0.338 e. The van der Waals surface area contributed by atoms with Gasteiger partial charge in [-0.25, -0.2) is 0 Å². The zero-order valence-corrected chi connectivity index (χ0v) is 17.9. The van der Waals surface area contributed by atoms with Gasteiger partial charge >= 0.3 is 0 Å².